The van der Waals surface area contributed by atoms with E-state index >= 15 is 0 Å². The molecule has 0 aromatic heterocycles. The van der Waals surface area contributed by atoms with Crippen LogP contribution in [-0.2, 0) is 32.7 Å². The fourth-order valence-electron chi connectivity index (χ4n) is 7.69. The predicted molar refractivity (Wildman–Crippen MR) is 249 cm³/mol. The van der Waals surface area contributed by atoms with E-state index in [-0.39, 0.29) is 12.8 Å². The number of esters is 2. The molecular weight excluding hydrogens is 827 g/mol. The number of aliphatic hydroxyl groups excluding tert-OH is 5. The van der Waals surface area contributed by atoms with Crippen LogP contribution in [0.1, 0.15) is 219 Å². The Morgan fingerprint density at radius 2 is 0.810 bits per heavy atom. The summed E-state index contributed by atoms with van der Waals surface area (Å²) in [5.74, 6) is -1.10. The molecule has 0 amide bonds. The molecule has 1 aliphatic carbocycles. The molecule has 1 aliphatic rings. The zero-order valence-corrected chi connectivity index (χ0v) is 40.3. The molecule has 370 valence electrons. The SMILES string of the molecule is CCCCCCCC/C=C/CCCCCCCCCC(=O)OC[C@@H](COP(=O)(O)OC1C(O)C(O)C(O)[C@H](O)C1O)OC(=O)CCCCCCCCC/C=C/CCCCCCCC. The average Bonchev–Trinajstić information content (AvgIpc) is 3.26. The normalized spacial score (nSPS) is 21.8. The van der Waals surface area contributed by atoms with Crippen molar-refractivity contribution < 1.29 is 63.1 Å². The molecule has 63 heavy (non-hydrogen) atoms. The van der Waals surface area contributed by atoms with Crippen LogP contribution in [0.4, 0.5) is 0 Å². The molecule has 6 N–H and O–H groups in total. The van der Waals surface area contributed by atoms with Crippen LogP contribution in [0.15, 0.2) is 24.3 Å². The standard InChI is InChI=1S/C49H91O13P/c1-3-5-7-9-11-13-15-17-19-21-23-25-27-29-31-33-35-37-42(50)59-39-41(40-60-63(57,58)62-49-47(55)45(53)44(52)46(54)48(49)56)61-43(51)38-36-34-32-30-28-26-24-22-20-18-16-14-12-10-8-6-4-2/h17-20,41,44-49,52-56H,3-16,21-40H2,1-2H3,(H,57,58)/b19-17+,20-18+/t41-,44?,45-,46?,47?,48?,49?/m0/s1. The molecule has 0 heterocycles. The van der Waals surface area contributed by atoms with E-state index in [4.69, 9.17) is 18.5 Å². The highest BCUT2D eigenvalue weighted by Gasteiger charge is 2.51. The van der Waals surface area contributed by atoms with Crippen molar-refractivity contribution in [3.63, 3.8) is 0 Å². The van der Waals surface area contributed by atoms with Gasteiger partial charge in [-0.25, -0.2) is 4.57 Å². The third kappa shape index (κ3) is 31.8. The maximum absolute atomic E-state index is 12.8. The monoisotopic (exact) mass is 919 g/mol. The summed E-state index contributed by atoms with van der Waals surface area (Å²) in [6, 6.07) is 0. The zero-order valence-electron chi connectivity index (χ0n) is 39.4. The lowest BCUT2D eigenvalue weighted by molar-refractivity contribution is -0.220. The van der Waals surface area contributed by atoms with Crippen LogP contribution in [0.2, 0.25) is 0 Å². The van der Waals surface area contributed by atoms with Gasteiger partial charge in [0.1, 0.15) is 43.2 Å². The third-order valence-corrected chi connectivity index (χ3v) is 12.8. The molecule has 8 atom stereocenters. The van der Waals surface area contributed by atoms with E-state index in [0.717, 1.165) is 64.2 Å². The van der Waals surface area contributed by atoms with Crippen molar-refractivity contribution >= 4 is 19.8 Å². The van der Waals surface area contributed by atoms with Gasteiger partial charge in [0.25, 0.3) is 0 Å². The van der Waals surface area contributed by atoms with Crippen LogP contribution in [0.3, 0.4) is 0 Å². The van der Waals surface area contributed by atoms with Gasteiger partial charge in [-0.2, -0.15) is 0 Å². The van der Waals surface area contributed by atoms with E-state index in [1.807, 2.05) is 0 Å². The minimum absolute atomic E-state index is 0.0929. The molecule has 14 heteroatoms. The maximum Gasteiger partial charge on any atom is 0.472 e. The van der Waals surface area contributed by atoms with E-state index in [1.54, 1.807) is 0 Å². The van der Waals surface area contributed by atoms with Crippen LogP contribution in [-0.4, -0.2) is 98.3 Å². The Labute approximate surface area is 381 Å². The summed E-state index contributed by atoms with van der Waals surface area (Å²) < 4.78 is 33.6. The number of aliphatic hydroxyl groups is 5. The summed E-state index contributed by atoms with van der Waals surface area (Å²) >= 11 is 0. The number of phosphoric acid groups is 1. The van der Waals surface area contributed by atoms with Crippen LogP contribution >= 0.6 is 7.82 Å². The van der Waals surface area contributed by atoms with Crippen LogP contribution in [0, 0.1) is 0 Å². The van der Waals surface area contributed by atoms with Gasteiger partial charge < -0.3 is 39.9 Å². The summed E-state index contributed by atoms with van der Waals surface area (Å²) in [5, 5.41) is 50.2. The predicted octanol–water partition coefficient (Wildman–Crippen LogP) is 10.4. The van der Waals surface area contributed by atoms with Crippen molar-refractivity contribution in [1.29, 1.82) is 0 Å². The molecule has 0 aromatic rings. The number of carbonyl (C=O) groups is 2. The average molecular weight is 919 g/mol. The van der Waals surface area contributed by atoms with E-state index in [1.165, 1.54) is 116 Å². The number of phosphoric ester groups is 1. The Bertz CT molecular complexity index is 1200. The van der Waals surface area contributed by atoms with Gasteiger partial charge >= 0.3 is 19.8 Å². The molecule has 13 nitrogen and oxygen atoms in total. The zero-order chi connectivity index (χ0) is 46.4. The van der Waals surface area contributed by atoms with Crippen molar-refractivity contribution in [2.24, 2.45) is 0 Å². The lowest BCUT2D eigenvalue weighted by atomic mass is 9.85. The summed E-state index contributed by atoms with van der Waals surface area (Å²) in [4.78, 5) is 35.8. The van der Waals surface area contributed by atoms with E-state index < -0.39 is 75.7 Å². The van der Waals surface area contributed by atoms with Gasteiger partial charge in [-0.15, -0.1) is 0 Å². The Balaban J connectivity index is 2.42. The summed E-state index contributed by atoms with van der Waals surface area (Å²) in [6.07, 6.45) is 30.8. The van der Waals surface area contributed by atoms with Crippen molar-refractivity contribution in [3.05, 3.63) is 24.3 Å². The number of ether oxygens (including phenoxy) is 2. The second kappa shape index (κ2) is 39.5. The lowest BCUT2D eigenvalue weighted by Gasteiger charge is -2.41. The van der Waals surface area contributed by atoms with E-state index in [9.17, 15) is 44.6 Å². The van der Waals surface area contributed by atoms with Crippen LogP contribution < -0.4 is 0 Å². The third-order valence-electron chi connectivity index (χ3n) is 11.8. The minimum Gasteiger partial charge on any atom is -0.462 e. The van der Waals surface area contributed by atoms with Gasteiger partial charge in [0.15, 0.2) is 6.10 Å². The van der Waals surface area contributed by atoms with Crippen molar-refractivity contribution in [2.75, 3.05) is 13.2 Å². The number of carbonyl (C=O) groups excluding carboxylic acids is 2. The summed E-state index contributed by atoms with van der Waals surface area (Å²) in [7, 11) is -5.12. The Morgan fingerprint density at radius 1 is 0.476 bits per heavy atom. The van der Waals surface area contributed by atoms with Crippen molar-refractivity contribution in [2.45, 2.75) is 262 Å². The molecule has 1 fully saturated rings. The highest BCUT2D eigenvalue weighted by molar-refractivity contribution is 7.47. The Kier molecular flexibility index (Phi) is 37.2. The quantitative estimate of drug-likeness (QED) is 0.0146. The molecule has 0 bridgehead atoms. The van der Waals surface area contributed by atoms with E-state index in [2.05, 4.69) is 38.2 Å². The summed E-state index contributed by atoms with van der Waals surface area (Å²) in [5.41, 5.74) is 0. The molecular formula is C49H91O13P. The highest BCUT2D eigenvalue weighted by Crippen LogP contribution is 2.47. The fraction of sp³-hybridized carbons (Fsp3) is 0.878. The largest absolute Gasteiger partial charge is 0.472 e. The first kappa shape index (κ1) is 59.3. The van der Waals surface area contributed by atoms with Gasteiger partial charge in [0, 0.05) is 12.8 Å². The number of hydrogen-bond donors (Lipinski definition) is 6. The maximum atomic E-state index is 12.8. The number of hydrogen-bond acceptors (Lipinski definition) is 12. The molecule has 6 unspecified atom stereocenters. The second-order valence-electron chi connectivity index (χ2n) is 17.7. The smallest absolute Gasteiger partial charge is 0.462 e. The molecule has 0 radical (unpaired) electrons. The molecule has 1 saturated carbocycles. The number of rotatable bonds is 42. The molecule has 0 aliphatic heterocycles. The van der Waals surface area contributed by atoms with E-state index in [0.29, 0.717) is 12.8 Å². The Hall–Kier alpha value is -1.67. The van der Waals surface area contributed by atoms with Gasteiger partial charge in [-0.3, -0.25) is 18.6 Å². The van der Waals surface area contributed by atoms with Crippen LogP contribution in [0.25, 0.3) is 0 Å². The first-order valence-electron chi connectivity index (χ1n) is 25.1. The fourth-order valence-corrected chi connectivity index (χ4v) is 8.66. The number of unbranched alkanes of at least 4 members (excludes halogenated alkanes) is 26. The second-order valence-corrected chi connectivity index (χ2v) is 19.1. The number of allylic oxidation sites excluding steroid dienone is 4. The van der Waals surface area contributed by atoms with Gasteiger partial charge in [0.05, 0.1) is 6.61 Å². The van der Waals surface area contributed by atoms with Gasteiger partial charge in [-0.1, -0.05) is 167 Å². The van der Waals surface area contributed by atoms with Crippen LogP contribution in [0.5, 0.6) is 0 Å². The van der Waals surface area contributed by atoms with Gasteiger partial charge in [-0.05, 0) is 64.2 Å². The lowest BCUT2D eigenvalue weighted by Crippen LogP contribution is -2.64. The first-order chi connectivity index (χ1) is 30.4. The molecule has 0 spiro atoms. The van der Waals surface area contributed by atoms with Crippen molar-refractivity contribution in [3.8, 4) is 0 Å². The Morgan fingerprint density at radius 3 is 1.21 bits per heavy atom. The summed E-state index contributed by atoms with van der Waals surface area (Å²) in [6.45, 7) is 3.31. The first-order valence-corrected chi connectivity index (χ1v) is 26.6. The minimum atomic E-state index is -5.12. The molecule has 1 rings (SSSR count). The van der Waals surface area contributed by atoms with Crippen molar-refractivity contribution in [1.82, 2.24) is 0 Å². The molecule has 0 saturated heterocycles. The highest BCUT2D eigenvalue weighted by atomic mass is 31.2. The molecule has 0 aromatic carbocycles. The topological polar surface area (TPSA) is 210 Å². The van der Waals surface area contributed by atoms with Gasteiger partial charge in [0.2, 0.25) is 0 Å².